The summed E-state index contributed by atoms with van der Waals surface area (Å²) in [7, 11) is 0. The lowest BCUT2D eigenvalue weighted by Crippen LogP contribution is -2.16. The molecule has 0 bridgehead atoms. The standard InChI is InChI=1S/C7H9NO2/c1-3-4-5-6(8-2)7(9)10/h6H,2,5H2,1H3,(H,9,10)/t6-/m1/s1. The van der Waals surface area contributed by atoms with Crippen molar-refractivity contribution in [3.63, 3.8) is 0 Å². The molecule has 0 heterocycles. The molecule has 0 rings (SSSR count). The van der Waals surface area contributed by atoms with Gasteiger partial charge in [-0.15, -0.1) is 11.8 Å². The summed E-state index contributed by atoms with van der Waals surface area (Å²) in [6.45, 7) is 4.79. The van der Waals surface area contributed by atoms with E-state index < -0.39 is 12.0 Å². The third-order valence-corrected chi connectivity index (χ3v) is 0.978. The number of aliphatic imine (C=N–C) groups is 1. The second-order valence-corrected chi connectivity index (χ2v) is 1.67. The molecule has 3 heteroatoms. The first-order valence-electron chi connectivity index (χ1n) is 2.80. The fourth-order valence-electron chi connectivity index (χ4n) is 0.429. The number of nitrogens with zero attached hydrogens (tertiary/aromatic N) is 1. The lowest BCUT2D eigenvalue weighted by molar-refractivity contribution is -0.138. The van der Waals surface area contributed by atoms with Crippen LogP contribution in [0.25, 0.3) is 0 Å². The molecule has 0 amide bonds. The predicted molar refractivity (Wildman–Crippen MR) is 39.0 cm³/mol. The van der Waals surface area contributed by atoms with E-state index in [0.717, 1.165) is 0 Å². The fourth-order valence-corrected chi connectivity index (χ4v) is 0.429. The van der Waals surface area contributed by atoms with Gasteiger partial charge in [-0.1, -0.05) is 0 Å². The normalized spacial score (nSPS) is 10.9. The minimum absolute atomic E-state index is 0.245. The molecule has 0 aromatic rings. The van der Waals surface area contributed by atoms with Crippen molar-refractivity contribution in [3.8, 4) is 11.8 Å². The molecule has 0 fully saturated rings. The molecular formula is C7H9NO2. The smallest absolute Gasteiger partial charge is 0.329 e. The maximum Gasteiger partial charge on any atom is 0.329 e. The Balaban J connectivity index is 3.91. The number of carboxylic acids is 1. The van der Waals surface area contributed by atoms with Crippen molar-refractivity contribution in [2.24, 2.45) is 4.99 Å². The Hall–Kier alpha value is -1.30. The van der Waals surface area contributed by atoms with Gasteiger partial charge in [0.2, 0.25) is 0 Å². The molecule has 0 spiro atoms. The molecule has 10 heavy (non-hydrogen) atoms. The van der Waals surface area contributed by atoms with Gasteiger partial charge in [0.25, 0.3) is 0 Å². The topological polar surface area (TPSA) is 49.7 Å². The highest BCUT2D eigenvalue weighted by molar-refractivity contribution is 5.74. The number of hydrogen-bond donors (Lipinski definition) is 1. The maximum absolute atomic E-state index is 10.2. The maximum atomic E-state index is 10.2. The van der Waals surface area contributed by atoms with E-state index in [1.807, 2.05) is 0 Å². The zero-order chi connectivity index (χ0) is 7.98. The molecule has 0 radical (unpaired) electrons. The summed E-state index contributed by atoms with van der Waals surface area (Å²) in [5.41, 5.74) is 0. The number of aliphatic carboxylic acids is 1. The first-order valence-corrected chi connectivity index (χ1v) is 2.80. The Morgan fingerprint density at radius 3 is 2.80 bits per heavy atom. The van der Waals surface area contributed by atoms with Crippen molar-refractivity contribution in [2.45, 2.75) is 19.4 Å². The summed E-state index contributed by atoms with van der Waals surface area (Å²) < 4.78 is 0. The van der Waals surface area contributed by atoms with Crippen LogP contribution in [0, 0.1) is 11.8 Å². The van der Waals surface area contributed by atoms with Crippen molar-refractivity contribution < 1.29 is 9.90 Å². The summed E-state index contributed by atoms with van der Waals surface area (Å²) in [5, 5.41) is 8.40. The lowest BCUT2D eigenvalue weighted by Gasteiger charge is -1.98. The fraction of sp³-hybridized carbons (Fsp3) is 0.429. The minimum atomic E-state index is -0.974. The van der Waals surface area contributed by atoms with Gasteiger partial charge in [0, 0.05) is 6.42 Å². The molecule has 0 aliphatic carbocycles. The largest absolute Gasteiger partial charge is 0.480 e. The number of carboxylic acid groups (broad SMARTS) is 1. The van der Waals surface area contributed by atoms with E-state index in [1.165, 1.54) is 0 Å². The van der Waals surface area contributed by atoms with Crippen LogP contribution in [0.3, 0.4) is 0 Å². The van der Waals surface area contributed by atoms with Crippen LogP contribution in [0.5, 0.6) is 0 Å². The Bertz CT molecular complexity index is 188. The first-order chi connectivity index (χ1) is 4.72. The Morgan fingerprint density at radius 2 is 2.50 bits per heavy atom. The van der Waals surface area contributed by atoms with Crippen molar-refractivity contribution in [3.05, 3.63) is 0 Å². The number of carbonyl (C=O) groups is 1. The lowest BCUT2D eigenvalue weighted by atomic mass is 10.2. The van der Waals surface area contributed by atoms with Gasteiger partial charge in [-0.2, -0.15) is 0 Å². The molecule has 0 unspecified atom stereocenters. The first kappa shape index (κ1) is 8.70. The van der Waals surface area contributed by atoms with Gasteiger partial charge in [-0.3, -0.25) is 4.99 Å². The van der Waals surface area contributed by atoms with Gasteiger partial charge in [0.05, 0.1) is 0 Å². The quantitative estimate of drug-likeness (QED) is 0.458. The summed E-state index contributed by atoms with van der Waals surface area (Å²) in [6, 6.07) is -0.771. The summed E-state index contributed by atoms with van der Waals surface area (Å²) in [5.74, 6) is 4.23. The van der Waals surface area contributed by atoms with Crippen LogP contribution in [0.15, 0.2) is 4.99 Å². The van der Waals surface area contributed by atoms with Crippen LogP contribution in [0.1, 0.15) is 13.3 Å². The third-order valence-electron chi connectivity index (χ3n) is 0.978. The molecule has 0 saturated carbocycles. The second kappa shape index (κ2) is 4.57. The van der Waals surface area contributed by atoms with Crippen molar-refractivity contribution in [1.29, 1.82) is 0 Å². The SMILES string of the molecule is C=N[C@H](CC#CC)C(=O)O. The average Bonchev–Trinajstić information content (AvgIpc) is 1.89. The molecule has 3 nitrogen and oxygen atoms in total. The second-order valence-electron chi connectivity index (χ2n) is 1.67. The molecule has 0 aliphatic heterocycles. The predicted octanol–water partition coefficient (Wildman–Crippen LogP) is 0.554. The van der Waals surface area contributed by atoms with Gasteiger partial charge in [0.1, 0.15) is 0 Å². The van der Waals surface area contributed by atoms with Gasteiger partial charge in [-0.25, -0.2) is 4.79 Å². The molecular weight excluding hydrogens is 130 g/mol. The van der Waals surface area contributed by atoms with E-state index in [4.69, 9.17) is 5.11 Å². The molecule has 0 aliphatic rings. The molecule has 0 aromatic heterocycles. The summed E-state index contributed by atoms with van der Waals surface area (Å²) >= 11 is 0. The van der Waals surface area contributed by atoms with Gasteiger partial charge in [0.15, 0.2) is 6.04 Å². The Morgan fingerprint density at radius 1 is 1.90 bits per heavy atom. The molecule has 0 saturated heterocycles. The highest BCUT2D eigenvalue weighted by Gasteiger charge is 2.11. The number of rotatable bonds is 3. The zero-order valence-corrected chi connectivity index (χ0v) is 5.79. The van der Waals surface area contributed by atoms with Crippen molar-refractivity contribution in [1.82, 2.24) is 0 Å². The average molecular weight is 139 g/mol. The van der Waals surface area contributed by atoms with E-state index in [-0.39, 0.29) is 6.42 Å². The van der Waals surface area contributed by atoms with Crippen LogP contribution in [0.4, 0.5) is 0 Å². The van der Waals surface area contributed by atoms with Crippen LogP contribution >= 0.6 is 0 Å². The molecule has 1 atom stereocenters. The Kier molecular flexibility index (Phi) is 3.97. The van der Waals surface area contributed by atoms with Crippen LogP contribution in [-0.4, -0.2) is 23.8 Å². The Labute approximate surface area is 59.8 Å². The van der Waals surface area contributed by atoms with Gasteiger partial charge in [-0.05, 0) is 13.6 Å². The van der Waals surface area contributed by atoms with Gasteiger partial charge >= 0.3 is 5.97 Å². The summed E-state index contributed by atoms with van der Waals surface area (Å²) in [6.07, 6.45) is 0.245. The van der Waals surface area contributed by atoms with E-state index in [1.54, 1.807) is 6.92 Å². The molecule has 1 N–H and O–H groups in total. The highest BCUT2D eigenvalue weighted by atomic mass is 16.4. The minimum Gasteiger partial charge on any atom is -0.480 e. The van der Waals surface area contributed by atoms with Crippen LogP contribution in [-0.2, 0) is 4.79 Å². The van der Waals surface area contributed by atoms with Crippen LogP contribution in [0.2, 0.25) is 0 Å². The van der Waals surface area contributed by atoms with Crippen molar-refractivity contribution in [2.75, 3.05) is 0 Å². The van der Waals surface area contributed by atoms with Crippen LogP contribution < -0.4 is 0 Å². The number of hydrogen-bond acceptors (Lipinski definition) is 2. The molecule has 54 valence electrons. The van der Waals surface area contributed by atoms with E-state index in [0.29, 0.717) is 0 Å². The summed E-state index contributed by atoms with van der Waals surface area (Å²) in [4.78, 5) is 13.6. The monoisotopic (exact) mass is 139 g/mol. The molecule has 0 aromatic carbocycles. The zero-order valence-electron chi connectivity index (χ0n) is 5.79. The highest BCUT2D eigenvalue weighted by Crippen LogP contribution is 1.94. The van der Waals surface area contributed by atoms with E-state index >= 15 is 0 Å². The van der Waals surface area contributed by atoms with E-state index in [2.05, 4.69) is 23.6 Å². The van der Waals surface area contributed by atoms with Gasteiger partial charge < -0.3 is 5.11 Å². The van der Waals surface area contributed by atoms with Crippen molar-refractivity contribution >= 4 is 12.7 Å². The third kappa shape index (κ3) is 2.88. The van der Waals surface area contributed by atoms with E-state index in [9.17, 15) is 4.79 Å².